The predicted molar refractivity (Wildman–Crippen MR) is 121 cm³/mol. The van der Waals surface area contributed by atoms with E-state index in [9.17, 15) is 0 Å². The molecule has 0 amide bonds. The van der Waals surface area contributed by atoms with Crippen LogP contribution >= 0.6 is 35.3 Å². The molecule has 0 aliphatic carbocycles. The lowest BCUT2D eigenvalue weighted by Crippen LogP contribution is -2.41. The van der Waals surface area contributed by atoms with Crippen LogP contribution in [0.25, 0.3) is 0 Å². The van der Waals surface area contributed by atoms with Crippen molar-refractivity contribution in [3.8, 4) is 0 Å². The van der Waals surface area contributed by atoms with Gasteiger partial charge < -0.3 is 20.3 Å². The van der Waals surface area contributed by atoms with Gasteiger partial charge in [0.1, 0.15) is 10.8 Å². The highest BCUT2D eigenvalue weighted by atomic mass is 127. The Morgan fingerprint density at radius 1 is 1.30 bits per heavy atom. The van der Waals surface area contributed by atoms with E-state index in [0.717, 1.165) is 42.0 Å². The molecule has 1 fully saturated rings. The molecule has 9 heteroatoms. The zero-order valence-electron chi connectivity index (χ0n) is 15.9. The fourth-order valence-corrected chi connectivity index (χ4v) is 3.51. The van der Waals surface area contributed by atoms with Gasteiger partial charge in [0.15, 0.2) is 5.96 Å². The molecular formula is C18H27IN6OS. The van der Waals surface area contributed by atoms with Crippen molar-refractivity contribution in [2.45, 2.75) is 33.0 Å². The highest BCUT2D eigenvalue weighted by Crippen LogP contribution is 2.15. The summed E-state index contributed by atoms with van der Waals surface area (Å²) in [7, 11) is 1.77. The Hall–Kier alpha value is -1.46. The first-order valence-corrected chi connectivity index (χ1v) is 9.63. The second-order valence-corrected chi connectivity index (χ2v) is 7.62. The number of guanidine groups is 1. The van der Waals surface area contributed by atoms with Crippen molar-refractivity contribution in [1.82, 2.24) is 20.6 Å². The fourth-order valence-electron chi connectivity index (χ4n) is 2.78. The van der Waals surface area contributed by atoms with E-state index in [2.05, 4.69) is 56.5 Å². The van der Waals surface area contributed by atoms with Gasteiger partial charge in [-0.25, -0.2) is 9.97 Å². The fraction of sp³-hybridized carbons (Fsp3) is 0.500. The number of anilines is 1. The van der Waals surface area contributed by atoms with Crippen molar-refractivity contribution in [3.63, 3.8) is 0 Å². The molecule has 1 aliphatic rings. The molecule has 27 heavy (non-hydrogen) atoms. The quantitative estimate of drug-likeness (QED) is 0.372. The third-order valence-corrected chi connectivity index (χ3v) is 5.05. The van der Waals surface area contributed by atoms with Gasteiger partial charge in [-0.15, -0.1) is 35.3 Å². The van der Waals surface area contributed by atoms with Gasteiger partial charge in [0.25, 0.3) is 0 Å². The third kappa shape index (κ3) is 6.58. The van der Waals surface area contributed by atoms with Crippen molar-refractivity contribution >= 4 is 47.1 Å². The number of rotatable bonds is 5. The van der Waals surface area contributed by atoms with Gasteiger partial charge in [-0.3, -0.25) is 4.99 Å². The minimum atomic E-state index is 0. The number of hydrogen-bond acceptors (Lipinski definition) is 6. The van der Waals surface area contributed by atoms with Gasteiger partial charge in [-0.1, -0.05) is 6.07 Å². The third-order valence-electron chi connectivity index (χ3n) is 4.13. The van der Waals surface area contributed by atoms with Crippen LogP contribution < -0.4 is 15.5 Å². The highest BCUT2D eigenvalue weighted by Gasteiger charge is 2.17. The number of nitrogens with one attached hydrogen (secondary N) is 2. The Labute approximate surface area is 181 Å². The SMILES string of the molecule is CN=C(NCc1ccc(N2CCOC(C)C2)nc1)NCc1ncc(C)s1.I. The lowest BCUT2D eigenvalue weighted by molar-refractivity contribution is 0.0529. The van der Waals surface area contributed by atoms with Crippen LogP contribution in [0.4, 0.5) is 5.82 Å². The molecule has 148 valence electrons. The van der Waals surface area contributed by atoms with Crippen LogP contribution in [0.2, 0.25) is 0 Å². The van der Waals surface area contributed by atoms with Crippen molar-refractivity contribution in [2.75, 3.05) is 31.6 Å². The van der Waals surface area contributed by atoms with Crippen molar-refractivity contribution in [1.29, 1.82) is 0 Å². The van der Waals surface area contributed by atoms with E-state index in [-0.39, 0.29) is 30.1 Å². The van der Waals surface area contributed by atoms with Crippen LogP contribution in [0.15, 0.2) is 29.5 Å². The Balaban J connectivity index is 0.00000261. The van der Waals surface area contributed by atoms with Crippen LogP contribution in [-0.4, -0.2) is 48.8 Å². The Bertz CT molecular complexity index is 736. The number of aromatic nitrogens is 2. The molecule has 0 saturated carbocycles. The molecular weight excluding hydrogens is 475 g/mol. The van der Waals surface area contributed by atoms with E-state index in [0.29, 0.717) is 13.1 Å². The monoisotopic (exact) mass is 502 g/mol. The summed E-state index contributed by atoms with van der Waals surface area (Å²) in [6.45, 7) is 8.03. The van der Waals surface area contributed by atoms with E-state index >= 15 is 0 Å². The molecule has 7 nitrogen and oxygen atoms in total. The molecule has 2 aromatic rings. The number of ether oxygens (including phenoxy) is 1. The zero-order valence-corrected chi connectivity index (χ0v) is 19.1. The summed E-state index contributed by atoms with van der Waals surface area (Å²) in [5.41, 5.74) is 1.11. The minimum Gasteiger partial charge on any atom is -0.375 e. The molecule has 3 rings (SSSR count). The van der Waals surface area contributed by atoms with Crippen LogP contribution in [0.1, 0.15) is 22.4 Å². The van der Waals surface area contributed by atoms with Gasteiger partial charge in [-0.05, 0) is 25.5 Å². The van der Waals surface area contributed by atoms with E-state index < -0.39 is 0 Å². The second kappa shape index (κ2) is 10.8. The molecule has 0 aromatic carbocycles. The molecule has 0 bridgehead atoms. The molecule has 1 aliphatic heterocycles. The number of thiazole rings is 1. The summed E-state index contributed by atoms with van der Waals surface area (Å²) < 4.78 is 5.58. The van der Waals surface area contributed by atoms with Crippen LogP contribution in [0.5, 0.6) is 0 Å². The normalized spacial score (nSPS) is 17.4. The smallest absolute Gasteiger partial charge is 0.191 e. The number of nitrogens with zero attached hydrogens (tertiary/aromatic N) is 4. The molecule has 0 spiro atoms. The van der Waals surface area contributed by atoms with E-state index in [1.165, 1.54) is 4.88 Å². The van der Waals surface area contributed by atoms with Gasteiger partial charge >= 0.3 is 0 Å². The summed E-state index contributed by atoms with van der Waals surface area (Å²) in [5, 5.41) is 7.64. The summed E-state index contributed by atoms with van der Waals surface area (Å²) in [6, 6.07) is 4.18. The molecule has 1 saturated heterocycles. The minimum absolute atomic E-state index is 0. The first-order valence-electron chi connectivity index (χ1n) is 8.81. The van der Waals surface area contributed by atoms with Gasteiger partial charge in [0.2, 0.25) is 0 Å². The standard InChI is InChI=1S/C18H26N6OS.HI/c1-13-12-24(6-7-25-13)16-5-4-15(9-20-16)10-22-18(19-3)23-11-17-21-8-14(2)26-17;/h4-5,8-9,13H,6-7,10-12H2,1-3H3,(H2,19,22,23);1H. The predicted octanol–water partition coefficient (Wildman–Crippen LogP) is 2.55. The van der Waals surface area contributed by atoms with Crippen molar-refractivity contribution < 1.29 is 4.74 Å². The maximum atomic E-state index is 5.58. The number of pyridine rings is 1. The molecule has 0 radical (unpaired) electrons. The van der Waals surface area contributed by atoms with E-state index in [1.807, 2.05) is 12.4 Å². The summed E-state index contributed by atoms with van der Waals surface area (Å²) >= 11 is 1.69. The van der Waals surface area contributed by atoms with E-state index in [4.69, 9.17) is 4.74 Å². The average molecular weight is 502 g/mol. The number of aryl methyl sites for hydroxylation is 1. The maximum Gasteiger partial charge on any atom is 0.191 e. The van der Waals surface area contributed by atoms with Crippen molar-refractivity contribution in [2.24, 2.45) is 4.99 Å². The first-order chi connectivity index (χ1) is 12.6. The average Bonchev–Trinajstić information content (AvgIpc) is 3.07. The summed E-state index contributed by atoms with van der Waals surface area (Å²) in [4.78, 5) is 16.7. The van der Waals surface area contributed by atoms with Crippen LogP contribution in [0, 0.1) is 6.92 Å². The van der Waals surface area contributed by atoms with Crippen LogP contribution in [-0.2, 0) is 17.8 Å². The number of halogens is 1. The second-order valence-electron chi connectivity index (χ2n) is 6.30. The highest BCUT2D eigenvalue weighted by molar-refractivity contribution is 14.0. The van der Waals surface area contributed by atoms with Crippen molar-refractivity contribution in [3.05, 3.63) is 40.0 Å². The Morgan fingerprint density at radius 2 is 2.11 bits per heavy atom. The Morgan fingerprint density at radius 3 is 2.74 bits per heavy atom. The van der Waals surface area contributed by atoms with Gasteiger partial charge in [-0.2, -0.15) is 0 Å². The summed E-state index contributed by atoms with van der Waals surface area (Å²) in [6.07, 6.45) is 4.06. The number of aliphatic imine (C=N–C) groups is 1. The van der Waals surface area contributed by atoms with Gasteiger partial charge in [0, 0.05) is 44.0 Å². The molecule has 2 N–H and O–H groups in total. The number of hydrogen-bond donors (Lipinski definition) is 2. The molecule has 2 aromatic heterocycles. The lowest BCUT2D eigenvalue weighted by Gasteiger charge is -2.32. The molecule has 3 heterocycles. The first kappa shape index (κ1) is 21.8. The van der Waals surface area contributed by atoms with E-state index in [1.54, 1.807) is 18.4 Å². The van der Waals surface area contributed by atoms with Gasteiger partial charge in [0.05, 0.1) is 19.3 Å². The number of morpholine rings is 1. The lowest BCUT2D eigenvalue weighted by atomic mass is 10.2. The Kier molecular flexibility index (Phi) is 8.71. The zero-order chi connectivity index (χ0) is 18.4. The molecule has 1 unspecified atom stereocenters. The largest absolute Gasteiger partial charge is 0.375 e. The summed E-state index contributed by atoms with van der Waals surface area (Å²) in [5.74, 6) is 1.76. The topological polar surface area (TPSA) is 74.7 Å². The molecule has 1 atom stereocenters. The maximum absolute atomic E-state index is 5.58. The van der Waals surface area contributed by atoms with Crippen LogP contribution in [0.3, 0.4) is 0 Å².